The maximum absolute atomic E-state index is 10.6. The minimum Gasteiger partial charge on any atom is -0.467 e. The molecular weight excluding hydrogens is 1460 g/mol. The summed E-state index contributed by atoms with van der Waals surface area (Å²) in [5.41, 5.74) is 0.718. The van der Waals surface area contributed by atoms with Crippen LogP contribution in [0.5, 0.6) is 0 Å². The Bertz CT molecular complexity index is 1920. The molecule has 0 fully saturated rings. The molecular formula is C67H136O35S3. The first-order valence-electron chi connectivity index (χ1n) is 32.7. The molecule has 0 heterocycles. The highest BCUT2D eigenvalue weighted by molar-refractivity contribution is 7.99. The van der Waals surface area contributed by atoms with Gasteiger partial charge in [0.15, 0.2) is 63.3 Å². The number of Topliss-reactive ketones (excluding diaryl/α,β-unsaturated/α-hetero) is 1. The maximum atomic E-state index is 10.6. The first kappa shape index (κ1) is 126. The van der Waals surface area contributed by atoms with Crippen LogP contribution in [0.1, 0.15) is 159 Å². The van der Waals surface area contributed by atoms with E-state index in [9.17, 15) is 52.7 Å². The molecule has 7 unspecified atom stereocenters. The molecule has 0 rings (SSSR count). The summed E-state index contributed by atoms with van der Waals surface area (Å²) in [6.45, 7) is 40.3. The van der Waals surface area contributed by atoms with Gasteiger partial charge in [0, 0.05) is 137 Å². The number of hydrogen-bond donors (Lipinski definition) is 0. The van der Waals surface area contributed by atoms with Crippen LogP contribution in [0.25, 0.3) is 0 Å². The molecule has 0 aliphatic heterocycles. The van der Waals surface area contributed by atoms with Gasteiger partial charge in [-0.25, -0.2) is 19.2 Å². The number of hydrogen-bond acceptors (Lipinski definition) is 38. The highest BCUT2D eigenvalue weighted by Gasteiger charge is 2.12. The van der Waals surface area contributed by atoms with Crippen LogP contribution in [0, 0.1) is 0 Å². The number of carbonyl (C=O) groups is 11. The van der Waals surface area contributed by atoms with E-state index in [0.29, 0.717) is 62.2 Å². The van der Waals surface area contributed by atoms with Crippen molar-refractivity contribution in [3.63, 3.8) is 0 Å². The molecule has 0 saturated heterocycles. The van der Waals surface area contributed by atoms with Gasteiger partial charge in [-0.3, -0.25) is 33.6 Å². The standard InChI is InChI=1S/2C7H12O5.C7H12O4.C6H12O3S.2C6H12O3.2C5H10O3.C5H12O2.C5H12OS.C4H10O2.C4H10OS/c1-3-10-5-12-7(9)4-11-6(2)8;1-3-10-4-7(9)12-5-11-6(2)8;1-3-7(9)4-10-5-11-6(2)8;1-3-8-4-10-5-9-6(2)7;1-4-9-5(2)6(7)8-3;1-4-8-6(3)9-5(2)7;1-4(7-2)5(6)8-3;1-4(6)8-5(2)7-3;1-4-7-5(2)6-3;1-4-6-5(2)7-3;2*1-4(5-2)6-3/h2*3-5H2,1-2H3;3-5H2,1-2H3;3-5H2,1-2H3;5H,4H2,1-3H3;6H,4H2,1-3H3;4H,1-3H3;5H,1-3H3;2*5H,4H2,1-3H3;2*4H,1-3H3. The molecule has 35 nitrogen and oxygen atoms in total. The summed E-state index contributed by atoms with van der Waals surface area (Å²) >= 11 is 4.87. The van der Waals surface area contributed by atoms with Crippen LogP contribution in [0.2, 0.25) is 0 Å². The molecule has 0 amide bonds. The van der Waals surface area contributed by atoms with Gasteiger partial charge in [-0.2, -0.15) is 0 Å². The minimum absolute atomic E-state index is 0.00264. The van der Waals surface area contributed by atoms with Gasteiger partial charge in [0.1, 0.15) is 19.2 Å². The van der Waals surface area contributed by atoms with E-state index in [1.54, 1.807) is 100 Å². The Morgan fingerprint density at radius 3 is 1.01 bits per heavy atom. The zero-order chi connectivity index (χ0) is 84.4. The predicted octanol–water partition coefficient (Wildman–Crippen LogP) is 8.88. The van der Waals surface area contributed by atoms with E-state index in [4.69, 9.17) is 47.4 Å². The topological polar surface area (TPSA) is 409 Å². The van der Waals surface area contributed by atoms with Crippen LogP contribution < -0.4 is 0 Å². The van der Waals surface area contributed by atoms with Gasteiger partial charge in [-0.1, -0.05) is 18.7 Å². The molecule has 105 heavy (non-hydrogen) atoms. The van der Waals surface area contributed by atoms with E-state index in [2.05, 4.69) is 66.3 Å². The number of ether oxygens (including phenoxy) is 24. The summed E-state index contributed by atoms with van der Waals surface area (Å²) < 4.78 is 112. The third-order valence-electron chi connectivity index (χ3n) is 9.55. The molecule has 7 atom stereocenters. The van der Waals surface area contributed by atoms with Crippen molar-refractivity contribution in [2.24, 2.45) is 0 Å². The minimum atomic E-state index is -0.612. The Hall–Kier alpha value is -5.14. The van der Waals surface area contributed by atoms with Crippen LogP contribution in [-0.4, -0.2) is 281 Å². The number of thioether (sulfide) groups is 3. The zero-order valence-electron chi connectivity index (χ0n) is 68.9. The molecule has 38 heteroatoms. The van der Waals surface area contributed by atoms with Crippen molar-refractivity contribution in [2.75, 3.05) is 168 Å². The summed E-state index contributed by atoms with van der Waals surface area (Å²) in [6, 6.07) is 0. The fourth-order valence-electron chi connectivity index (χ4n) is 3.81. The van der Waals surface area contributed by atoms with E-state index >= 15 is 0 Å². The van der Waals surface area contributed by atoms with E-state index < -0.39 is 54.6 Å². The number of esters is 10. The third-order valence-corrected chi connectivity index (χ3v) is 11.8. The van der Waals surface area contributed by atoms with Gasteiger partial charge in [-0.15, -0.1) is 23.5 Å². The number of ketones is 1. The van der Waals surface area contributed by atoms with Crippen molar-refractivity contribution in [1.29, 1.82) is 0 Å². The van der Waals surface area contributed by atoms with Gasteiger partial charge in [0.05, 0.1) is 31.0 Å². The van der Waals surface area contributed by atoms with Crippen molar-refractivity contribution in [3.8, 4) is 0 Å². The van der Waals surface area contributed by atoms with E-state index in [0.717, 1.165) is 13.2 Å². The predicted molar refractivity (Wildman–Crippen MR) is 396 cm³/mol. The van der Waals surface area contributed by atoms with Crippen molar-refractivity contribution in [2.45, 2.75) is 207 Å². The largest absolute Gasteiger partial charge is 0.467 e. The Morgan fingerprint density at radius 1 is 0.314 bits per heavy atom. The fourth-order valence-corrected chi connectivity index (χ4v) is 4.88. The number of rotatable bonds is 40. The van der Waals surface area contributed by atoms with E-state index in [-0.39, 0.29) is 88.4 Å². The van der Waals surface area contributed by atoms with Crippen molar-refractivity contribution < 1.29 is 166 Å². The van der Waals surface area contributed by atoms with Gasteiger partial charge in [0.2, 0.25) is 6.79 Å². The summed E-state index contributed by atoms with van der Waals surface area (Å²) in [5.74, 6) is -3.13. The Balaban J connectivity index is -0.0000000904. The Kier molecular flexibility index (Phi) is 127. The van der Waals surface area contributed by atoms with Gasteiger partial charge < -0.3 is 114 Å². The highest BCUT2D eigenvalue weighted by atomic mass is 32.2. The molecule has 0 aromatic heterocycles. The second-order valence-corrected chi connectivity index (χ2v) is 21.2. The van der Waals surface area contributed by atoms with Crippen LogP contribution in [0.15, 0.2) is 0 Å². The molecule has 0 aliphatic carbocycles. The molecule has 0 bridgehead atoms. The van der Waals surface area contributed by atoms with Gasteiger partial charge in [-0.05, 0) is 116 Å². The number of carbonyl (C=O) groups excluding carboxylic acids is 11. The lowest BCUT2D eigenvalue weighted by Gasteiger charge is -2.09. The van der Waals surface area contributed by atoms with Crippen molar-refractivity contribution >= 4 is 101 Å². The maximum Gasteiger partial charge on any atom is 0.346 e. The SMILES string of the molecule is CCC(=O)COCOC(C)=O.CCOC(C)C(=O)OC.CCOC(C)OC.CCOC(C)OC(C)=O.CCOC(C)SC.CCOCC(=O)OCOC(C)=O.CCOCOC(=O)COC(C)=O.CCOCSCOC(C)=O.COC(=O)C(C)OC.COC(C)OC.COC(C)OC(C)=O.COC(C)SC. The lowest BCUT2D eigenvalue weighted by atomic mass is 10.3. The smallest absolute Gasteiger partial charge is 0.346 e. The second kappa shape index (κ2) is 105. The molecule has 0 aromatic rings. The summed E-state index contributed by atoms with van der Waals surface area (Å²) in [7, 11) is 12.2. The van der Waals surface area contributed by atoms with Crippen LogP contribution in [0.3, 0.4) is 0 Å². The van der Waals surface area contributed by atoms with E-state index in [1.165, 1.54) is 81.7 Å². The molecule has 0 spiro atoms. The van der Waals surface area contributed by atoms with Crippen molar-refractivity contribution in [1.82, 2.24) is 0 Å². The lowest BCUT2D eigenvalue weighted by molar-refractivity contribution is -0.171. The average Bonchev–Trinajstić information content (AvgIpc) is 1.43. The first-order valence-corrected chi connectivity index (χ1v) is 36.4. The normalized spacial score (nSPS) is 11.4. The zero-order valence-corrected chi connectivity index (χ0v) is 71.4. The van der Waals surface area contributed by atoms with Crippen molar-refractivity contribution in [3.05, 3.63) is 0 Å². The molecule has 632 valence electrons. The Morgan fingerprint density at radius 2 is 0.705 bits per heavy atom. The van der Waals surface area contributed by atoms with Gasteiger partial charge in [0.25, 0.3) is 0 Å². The van der Waals surface area contributed by atoms with Crippen LogP contribution >= 0.6 is 35.3 Å². The molecule has 0 aliphatic rings. The molecule has 0 aromatic carbocycles. The fraction of sp³-hybridized carbons (Fsp3) is 0.836. The quantitative estimate of drug-likeness (QED) is 0.0239. The van der Waals surface area contributed by atoms with Crippen LogP contribution in [0.4, 0.5) is 0 Å². The monoisotopic (exact) mass is 1600 g/mol. The Labute approximate surface area is 639 Å². The molecule has 0 N–H and O–H groups in total. The first-order chi connectivity index (χ1) is 49.3. The lowest BCUT2D eigenvalue weighted by Crippen LogP contribution is -2.21. The van der Waals surface area contributed by atoms with E-state index in [1.807, 2.05) is 74.8 Å². The summed E-state index contributed by atoms with van der Waals surface area (Å²) in [4.78, 5) is 114. The highest BCUT2D eigenvalue weighted by Crippen LogP contribution is 2.05. The summed E-state index contributed by atoms with van der Waals surface area (Å²) in [5, 5.41) is 0. The van der Waals surface area contributed by atoms with Crippen LogP contribution in [-0.2, 0) is 166 Å². The number of methoxy groups -OCH3 is 8. The molecule has 0 saturated carbocycles. The van der Waals surface area contributed by atoms with Gasteiger partial charge >= 0.3 is 59.7 Å². The summed E-state index contributed by atoms with van der Waals surface area (Å²) in [6.07, 6.45) is 2.68. The average molecular weight is 1600 g/mol. The third kappa shape index (κ3) is 149. The second-order valence-electron chi connectivity index (χ2n) is 18.0. The molecule has 0 radical (unpaired) electrons.